The molecule has 200 valence electrons. The molecular formula is C31H35NO6. The van der Waals surface area contributed by atoms with E-state index >= 15 is 0 Å². The van der Waals surface area contributed by atoms with Crippen LogP contribution in [0.2, 0.25) is 0 Å². The van der Waals surface area contributed by atoms with Gasteiger partial charge in [-0.2, -0.15) is 0 Å². The van der Waals surface area contributed by atoms with Crippen LogP contribution in [0.1, 0.15) is 36.2 Å². The Hall–Kier alpha value is -3.97. The van der Waals surface area contributed by atoms with Gasteiger partial charge < -0.3 is 28.3 Å². The van der Waals surface area contributed by atoms with E-state index in [-0.39, 0.29) is 5.78 Å². The van der Waals surface area contributed by atoms with Crippen molar-refractivity contribution < 1.29 is 28.2 Å². The number of hydrogen-bond acceptors (Lipinski definition) is 7. The van der Waals surface area contributed by atoms with Crippen LogP contribution in [0.5, 0.6) is 23.0 Å². The number of furan rings is 1. The van der Waals surface area contributed by atoms with Crippen molar-refractivity contribution >= 4 is 16.8 Å². The summed E-state index contributed by atoms with van der Waals surface area (Å²) < 4.78 is 28.7. The van der Waals surface area contributed by atoms with Gasteiger partial charge in [-0.15, -0.1) is 0 Å². The van der Waals surface area contributed by atoms with Gasteiger partial charge in [0.2, 0.25) is 5.75 Å². The molecule has 7 nitrogen and oxygen atoms in total. The Kier molecular flexibility index (Phi) is 8.92. The molecule has 0 aliphatic heterocycles. The van der Waals surface area contributed by atoms with E-state index in [0.29, 0.717) is 51.9 Å². The summed E-state index contributed by atoms with van der Waals surface area (Å²) in [7, 11) is 4.66. The molecule has 0 bridgehead atoms. The third-order valence-electron chi connectivity index (χ3n) is 6.65. The number of carbonyl (C=O) groups is 1. The summed E-state index contributed by atoms with van der Waals surface area (Å²) in [5, 5.41) is 0.734. The first-order valence-electron chi connectivity index (χ1n) is 12.9. The molecule has 1 aromatic heterocycles. The Morgan fingerprint density at radius 1 is 0.868 bits per heavy atom. The van der Waals surface area contributed by atoms with E-state index in [9.17, 15) is 4.79 Å². The van der Waals surface area contributed by atoms with Crippen LogP contribution in [0.25, 0.3) is 22.3 Å². The lowest BCUT2D eigenvalue weighted by molar-refractivity contribution is 0.104. The van der Waals surface area contributed by atoms with Crippen molar-refractivity contribution in [2.45, 2.75) is 20.3 Å². The summed E-state index contributed by atoms with van der Waals surface area (Å²) in [6, 6.07) is 18.3. The minimum atomic E-state index is -0.146. The highest BCUT2D eigenvalue weighted by Crippen LogP contribution is 2.44. The van der Waals surface area contributed by atoms with Gasteiger partial charge in [-0.05, 0) is 62.0 Å². The second-order valence-electron chi connectivity index (χ2n) is 8.80. The summed E-state index contributed by atoms with van der Waals surface area (Å²) in [4.78, 5) is 16.2. The van der Waals surface area contributed by atoms with Crippen LogP contribution in [0.4, 0.5) is 0 Å². The van der Waals surface area contributed by atoms with E-state index in [1.165, 1.54) is 0 Å². The summed E-state index contributed by atoms with van der Waals surface area (Å²) in [6.07, 6.45) is 0.946. The Balaban J connectivity index is 1.65. The van der Waals surface area contributed by atoms with Crippen LogP contribution < -0.4 is 18.9 Å². The van der Waals surface area contributed by atoms with Crippen LogP contribution in [0.15, 0.2) is 65.1 Å². The molecule has 0 amide bonds. The highest BCUT2D eigenvalue weighted by molar-refractivity contribution is 6.19. The van der Waals surface area contributed by atoms with Gasteiger partial charge in [0.15, 0.2) is 17.3 Å². The van der Waals surface area contributed by atoms with Gasteiger partial charge >= 0.3 is 0 Å². The fourth-order valence-corrected chi connectivity index (χ4v) is 4.55. The van der Waals surface area contributed by atoms with Gasteiger partial charge in [-0.1, -0.05) is 32.0 Å². The van der Waals surface area contributed by atoms with Gasteiger partial charge in [-0.3, -0.25) is 4.79 Å². The van der Waals surface area contributed by atoms with E-state index in [2.05, 4.69) is 18.7 Å². The summed E-state index contributed by atoms with van der Waals surface area (Å²) >= 11 is 0. The molecule has 7 heteroatoms. The van der Waals surface area contributed by atoms with E-state index in [0.717, 1.165) is 37.2 Å². The molecule has 0 aliphatic rings. The average Bonchev–Trinajstić information content (AvgIpc) is 3.36. The number of methoxy groups -OCH3 is 3. The fraction of sp³-hybridized carbons (Fsp3) is 0.323. The fourth-order valence-electron chi connectivity index (χ4n) is 4.55. The molecule has 0 saturated heterocycles. The maximum Gasteiger partial charge on any atom is 0.203 e. The molecule has 4 aromatic rings. The van der Waals surface area contributed by atoms with E-state index in [1.807, 2.05) is 36.4 Å². The normalized spacial score (nSPS) is 11.1. The molecule has 0 N–H and O–H groups in total. The zero-order chi connectivity index (χ0) is 27.1. The third kappa shape index (κ3) is 5.63. The van der Waals surface area contributed by atoms with Crippen LogP contribution in [0, 0.1) is 0 Å². The predicted octanol–water partition coefficient (Wildman–Crippen LogP) is 6.47. The first-order chi connectivity index (χ1) is 18.5. The third-order valence-corrected chi connectivity index (χ3v) is 6.65. The number of ether oxygens (including phenoxy) is 4. The zero-order valence-electron chi connectivity index (χ0n) is 22.7. The van der Waals surface area contributed by atoms with Crippen molar-refractivity contribution in [1.29, 1.82) is 0 Å². The van der Waals surface area contributed by atoms with E-state index in [1.54, 1.807) is 45.6 Å². The molecule has 4 rings (SSSR count). The van der Waals surface area contributed by atoms with Crippen molar-refractivity contribution in [3.05, 3.63) is 71.8 Å². The number of hydrogen-bond donors (Lipinski definition) is 0. The van der Waals surface area contributed by atoms with Crippen LogP contribution in [-0.2, 0) is 0 Å². The maximum absolute atomic E-state index is 13.9. The van der Waals surface area contributed by atoms with Crippen LogP contribution in [0.3, 0.4) is 0 Å². The second-order valence-corrected chi connectivity index (χ2v) is 8.80. The van der Waals surface area contributed by atoms with Crippen LogP contribution in [-0.4, -0.2) is 58.3 Å². The number of fused-ring (bicyclic) bond motifs is 1. The number of para-hydroxylation sites is 1. The number of benzene rings is 3. The predicted molar refractivity (Wildman–Crippen MR) is 149 cm³/mol. The molecular weight excluding hydrogens is 482 g/mol. The highest BCUT2D eigenvalue weighted by Gasteiger charge is 2.25. The maximum atomic E-state index is 13.9. The van der Waals surface area contributed by atoms with Gasteiger partial charge in [0.1, 0.15) is 17.1 Å². The molecule has 0 fully saturated rings. The standard InChI is InChI=1S/C31H35NO6/c1-6-32(7-2)17-10-18-37-23-15-13-21(14-16-23)29(33)28-24-11-8-9-12-25(24)38-30(28)22-19-26(34-3)31(36-5)27(20-22)35-4/h8-9,11-16,19-20H,6-7,10,17-18H2,1-5H3. The first-order valence-corrected chi connectivity index (χ1v) is 12.9. The van der Waals surface area contributed by atoms with E-state index < -0.39 is 0 Å². The van der Waals surface area contributed by atoms with Crippen molar-refractivity contribution in [1.82, 2.24) is 4.90 Å². The zero-order valence-corrected chi connectivity index (χ0v) is 22.7. The topological polar surface area (TPSA) is 70.4 Å². The van der Waals surface area contributed by atoms with Crippen molar-refractivity contribution in [3.63, 3.8) is 0 Å². The number of rotatable bonds is 13. The van der Waals surface area contributed by atoms with Crippen molar-refractivity contribution in [3.8, 4) is 34.3 Å². The lowest BCUT2D eigenvalue weighted by atomic mass is 9.97. The minimum absolute atomic E-state index is 0.146. The molecule has 38 heavy (non-hydrogen) atoms. The molecule has 0 spiro atoms. The molecule has 0 radical (unpaired) electrons. The molecule has 0 aliphatic carbocycles. The molecule has 3 aromatic carbocycles. The molecule has 0 unspecified atom stereocenters. The van der Waals surface area contributed by atoms with Gasteiger partial charge in [0, 0.05) is 23.1 Å². The van der Waals surface area contributed by atoms with Crippen molar-refractivity contribution in [2.75, 3.05) is 47.6 Å². The molecule has 1 heterocycles. The molecule has 0 saturated carbocycles. The smallest absolute Gasteiger partial charge is 0.203 e. The quantitative estimate of drug-likeness (QED) is 0.149. The average molecular weight is 518 g/mol. The lowest BCUT2D eigenvalue weighted by Gasteiger charge is -2.17. The van der Waals surface area contributed by atoms with Crippen molar-refractivity contribution in [2.24, 2.45) is 0 Å². The Morgan fingerprint density at radius 2 is 1.53 bits per heavy atom. The monoisotopic (exact) mass is 517 g/mol. The lowest BCUT2D eigenvalue weighted by Crippen LogP contribution is -2.25. The summed E-state index contributed by atoms with van der Waals surface area (Å²) in [5.74, 6) is 2.45. The van der Waals surface area contributed by atoms with E-state index in [4.69, 9.17) is 23.4 Å². The van der Waals surface area contributed by atoms with Gasteiger partial charge in [-0.25, -0.2) is 0 Å². The summed E-state index contributed by atoms with van der Waals surface area (Å²) in [5.41, 5.74) is 2.28. The first kappa shape index (κ1) is 27.1. The van der Waals surface area contributed by atoms with Crippen LogP contribution >= 0.6 is 0 Å². The Bertz CT molecular complexity index is 1350. The Morgan fingerprint density at radius 3 is 2.13 bits per heavy atom. The minimum Gasteiger partial charge on any atom is -0.494 e. The number of nitrogens with zero attached hydrogens (tertiary/aromatic N) is 1. The number of ketones is 1. The largest absolute Gasteiger partial charge is 0.494 e. The Labute approximate surface area is 223 Å². The molecule has 0 atom stereocenters. The van der Waals surface area contributed by atoms with Gasteiger partial charge in [0.05, 0.1) is 33.5 Å². The SMILES string of the molecule is CCN(CC)CCCOc1ccc(C(=O)c2c(-c3cc(OC)c(OC)c(OC)c3)oc3ccccc23)cc1. The second kappa shape index (κ2) is 12.5. The highest BCUT2D eigenvalue weighted by atomic mass is 16.5. The summed E-state index contributed by atoms with van der Waals surface area (Å²) in [6.45, 7) is 8.02. The van der Waals surface area contributed by atoms with Gasteiger partial charge in [0.25, 0.3) is 0 Å². The number of carbonyl (C=O) groups excluding carboxylic acids is 1.